The number of ether oxygens (including phenoxy) is 1. The molecule has 0 spiro atoms. The molecule has 1 aromatic rings. The molecule has 0 atom stereocenters. The number of halogens is 2. The summed E-state index contributed by atoms with van der Waals surface area (Å²) in [6.45, 7) is 1.95. The second-order valence-corrected chi connectivity index (χ2v) is 3.79. The molecular formula is C11H9BrFNO2. The van der Waals surface area contributed by atoms with Gasteiger partial charge in [0.2, 0.25) is 0 Å². The number of esters is 1. The first-order chi connectivity index (χ1) is 7.60. The Morgan fingerprint density at radius 2 is 2.31 bits per heavy atom. The molecule has 3 nitrogen and oxygen atoms in total. The van der Waals surface area contributed by atoms with Crippen LogP contribution in [0.4, 0.5) is 4.39 Å². The molecule has 0 fully saturated rings. The average molecular weight is 286 g/mol. The van der Waals surface area contributed by atoms with Crippen molar-refractivity contribution in [3.63, 3.8) is 0 Å². The second kappa shape index (κ2) is 5.61. The Morgan fingerprint density at radius 1 is 1.62 bits per heavy atom. The summed E-state index contributed by atoms with van der Waals surface area (Å²) in [5.41, 5.74) is 0.412. The predicted octanol–water partition coefficient (Wildman–Crippen LogP) is 2.57. The Kier molecular flexibility index (Phi) is 4.44. The summed E-state index contributed by atoms with van der Waals surface area (Å²) in [6.07, 6.45) is -0.135. The topological polar surface area (TPSA) is 50.1 Å². The zero-order chi connectivity index (χ0) is 12.1. The van der Waals surface area contributed by atoms with Crippen molar-refractivity contribution in [3.05, 3.63) is 33.5 Å². The van der Waals surface area contributed by atoms with E-state index in [0.717, 1.165) is 0 Å². The predicted molar refractivity (Wildman–Crippen MR) is 59.2 cm³/mol. The lowest BCUT2D eigenvalue weighted by atomic mass is 10.1. The number of hydrogen-bond donors (Lipinski definition) is 0. The van der Waals surface area contributed by atoms with Crippen LogP contribution in [-0.2, 0) is 16.0 Å². The highest BCUT2D eigenvalue weighted by Gasteiger charge is 2.14. The van der Waals surface area contributed by atoms with Gasteiger partial charge in [0.25, 0.3) is 0 Å². The standard InChI is InChI=1S/C11H9BrFNO2/c1-2-16-9(15)5-7-3-4-8(6-14)10(12)11(7)13/h3-4H,2,5H2,1H3. The molecule has 0 aromatic heterocycles. The largest absolute Gasteiger partial charge is 0.466 e. The number of benzene rings is 1. The molecule has 0 saturated carbocycles. The van der Waals surface area contributed by atoms with Crippen molar-refractivity contribution in [3.8, 4) is 6.07 Å². The summed E-state index contributed by atoms with van der Waals surface area (Å²) in [6, 6.07) is 4.71. The van der Waals surface area contributed by atoms with E-state index < -0.39 is 11.8 Å². The fraction of sp³-hybridized carbons (Fsp3) is 0.273. The molecule has 16 heavy (non-hydrogen) atoms. The van der Waals surface area contributed by atoms with Crippen LogP contribution in [0.1, 0.15) is 18.1 Å². The first-order valence-electron chi connectivity index (χ1n) is 4.62. The van der Waals surface area contributed by atoms with E-state index in [4.69, 9.17) is 10.00 Å². The third-order valence-corrected chi connectivity index (χ3v) is 2.70. The van der Waals surface area contributed by atoms with Gasteiger partial charge in [0.05, 0.1) is 23.1 Å². The summed E-state index contributed by atoms with van der Waals surface area (Å²) in [5, 5.41) is 8.66. The van der Waals surface area contributed by atoms with Gasteiger partial charge in [-0.25, -0.2) is 4.39 Å². The lowest BCUT2D eigenvalue weighted by Gasteiger charge is -2.05. The first kappa shape index (κ1) is 12.7. The average Bonchev–Trinajstić information content (AvgIpc) is 2.25. The van der Waals surface area contributed by atoms with Crippen molar-refractivity contribution in [2.45, 2.75) is 13.3 Å². The molecule has 0 aliphatic rings. The SMILES string of the molecule is CCOC(=O)Cc1ccc(C#N)c(Br)c1F. The highest BCUT2D eigenvalue weighted by Crippen LogP contribution is 2.23. The van der Waals surface area contributed by atoms with Crippen LogP contribution in [0.25, 0.3) is 0 Å². The zero-order valence-electron chi connectivity index (χ0n) is 8.59. The Bertz CT molecular complexity index is 454. The van der Waals surface area contributed by atoms with E-state index >= 15 is 0 Å². The van der Waals surface area contributed by atoms with E-state index in [1.54, 1.807) is 6.92 Å². The van der Waals surface area contributed by atoms with Crippen molar-refractivity contribution >= 4 is 21.9 Å². The van der Waals surface area contributed by atoms with Crippen LogP contribution < -0.4 is 0 Å². The van der Waals surface area contributed by atoms with Gasteiger partial charge in [0.15, 0.2) is 0 Å². The Balaban J connectivity index is 2.96. The molecule has 0 saturated heterocycles. The van der Waals surface area contributed by atoms with Crippen molar-refractivity contribution in [2.24, 2.45) is 0 Å². The van der Waals surface area contributed by atoms with Crippen LogP contribution in [0.5, 0.6) is 0 Å². The normalized spacial score (nSPS) is 9.62. The number of nitriles is 1. The lowest BCUT2D eigenvalue weighted by Crippen LogP contribution is -2.09. The molecule has 0 radical (unpaired) electrons. The molecule has 1 aromatic carbocycles. The number of carbonyl (C=O) groups is 1. The Hall–Kier alpha value is -1.41. The molecule has 0 unspecified atom stereocenters. The molecule has 0 heterocycles. The van der Waals surface area contributed by atoms with Gasteiger partial charge in [-0.3, -0.25) is 4.79 Å². The van der Waals surface area contributed by atoms with Gasteiger partial charge >= 0.3 is 5.97 Å². The van der Waals surface area contributed by atoms with E-state index in [-0.39, 0.29) is 28.6 Å². The van der Waals surface area contributed by atoms with Gasteiger partial charge in [-0.1, -0.05) is 6.07 Å². The molecule has 0 amide bonds. The number of hydrogen-bond acceptors (Lipinski definition) is 3. The molecule has 5 heteroatoms. The number of carbonyl (C=O) groups excluding carboxylic acids is 1. The van der Waals surface area contributed by atoms with Gasteiger partial charge < -0.3 is 4.74 Å². The highest BCUT2D eigenvalue weighted by atomic mass is 79.9. The minimum absolute atomic E-state index is 0.0804. The van der Waals surface area contributed by atoms with Gasteiger partial charge in [-0.15, -0.1) is 0 Å². The van der Waals surface area contributed by atoms with E-state index in [1.807, 2.05) is 6.07 Å². The third kappa shape index (κ3) is 2.80. The lowest BCUT2D eigenvalue weighted by molar-refractivity contribution is -0.142. The van der Waals surface area contributed by atoms with Gasteiger partial charge in [0.1, 0.15) is 11.9 Å². The second-order valence-electron chi connectivity index (χ2n) is 2.99. The van der Waals surface area contributed by atoms with Crippen molar-refractivity contribution in [1.82, 2.24) is 0 Å². The summed E-state index contributed by atoms with van der Waals surface area (Å²) in [5.74, 6) is -1.08. The highest BCUT2D eigenvalue weighted by molar-refractivity contribution is 9.10. The monoisotopic (exact) mass is 285 g/mol. The molecule has 84 valence electrons. The van der Waals surface area contributed by atoms with Crippen molar-refractivity contribution < 1.29 is 13.9 Å². The van der Waals surface area contributed by atoms with E-state index in [2.05, 4.69) is 15.9 Å². The summed E-state index contributed by atoms with van der Waals surface area (Å²) >= 11 is 2.97. The van der Waals surface area contributed by atoms with Crippen LogP contribution >= 0.6 is 15.9 Å². The molecule has 0 bridgehead atoms. The summed E-state index contributed by atoms with van der Waals surface area (Å²) < 4.78 is 18.4. The van der Waals surface area contributed by atoms with Crippen LogP contribution in [-0.4, -0.2) is 12.6 Å². The van der Waals surface area contributed by atoms with E-state index in [1.165, 1.54) is 12.1 Å². The smallest absolute Gasteiger partial charge is 0.310 e. The summed E-state index contributed by atoms with van der Waals surface area (Å²) in [7, 11) is 0. The van der Waals surface area contributed by atoms with Crippen LogP contribution in [0, 0.1) is 17.1 Å². The third-order valence-electron chi connectivity index (χ3n) is 1.92. The maximum absolute atomic E-state index is 13.6. The number of nitrogens with zero attached hydrogens (tertiary/aromatic N) is 1. The molecule has 0 aliphatic heterocycles. The maximum Gasteiger partial charge on any atom is 0.310 e. The Morgan fingerprint density at radius 3 is 2.88 bits per heavy atom. The molecule has 0 aliphatic carbocycles. The van der Waals surface area contributed by atoms with Gasteiger partial charge in [0, 0.05) is 5.56 Å². The summed E-state index contributed by atoms with van der Waals surface area (Å²) in [4.78, 5) is 11.2. The van der Waals surface area contributed by atoms with Gasteiger partial charge in [-0.05, 0) is 28.9 Å². The molecular weight excluding hydrogens is 277 g/mol. The quantitative estimate of drug-likeness (QED) is 0.802. The minimum atomic E-state index is -0.591. The molecule has 0 N–H and O–H groups in total. The van der Waals surface area contributed by atoms with Gasteiger partial charge in [-0.2, -0.15) is 5.26 Å². The maximum atomic E-state index is 13.6. The fourth-order valence-electron chi connectivity index (χ4n) is 1.18. The molecule has 1 rings (SSSR count). The minimum Gasteiger partial charge on any atom is -0.466 e. The zero-order valence-corrected chi connectivity index (χ0v) is 10.2. The number of rotatable bonds is 3. The van der Waals surface area contributed by atoms with Crippen LogP contribution in [0.3, 0.4) is 0 Å². The van der Waals surface area contributed by atoms with Crippen LogP contribution in [0.15, 0.2) is 16.6 Å². The Labute approximate surface area is 101 Å². The van der Waals surface area contributed by atoms with Crippen molar-refractivity contribution in [1.29, 1.82) is 5.26 Å². The first-order valence-corrected chi connectivity index (χ1v) is 5.42. The van der Waals surface area contributed by atoms with Crippen molar-refractivity contribution in [2.75, 3.05) is 6.61 Å². The van der Waals surface area contributed by atoms with Crippen LogP contribution in [0.2, 0.25) is 0 Å². The van der Waals surface area contributed by atoms with E-state index in [0.29, 0.717) is 0 Å². The van der Waals surface area contributed by atoms with E-state index in [9.17, 15) is 9.18 Å². The fourth-order valence-corrected chi connectivity index (χ4v) is 1.66.